The van der Waals surface area contributed by atoms with Gasteiger partial charge in [-0.3, -0.25) is 9.79 Å². The van der Waals surface area contributed by atoms with Gasteiger partial charge in [0.15, 0.2) is 5.96 Å². The Morgan fingerprint density at radius 1 is 1.20 bits per heavy atom. The van der Waals surface area contributed by atoms with Gasteiger partial charge >= 0.3 is 0 Å². The van der Waals surface area contributed by atoms with E-state index in [1.165, 1.54) is 0 Å². The molecule has 1 aromatic heterocycles. The predicted molar refractivity (Wildman–Crippen MR) is 137 cm³/mol. The van der Waals surface area contributed by atoms with E-state index in [1.807, 2.05) is 24.3 Å². The minimum Gasteiger partial charge on any atom is -0.357 e. The molecule has 30 heavy (non-hydrogen) atoms. The molecule has 6 nitrogen and oxygen atoms in total. The van der Waals surface area contributed by atoms with E-state index in [0.29, 0.717) is 12.1 Å². The first kappa shape index (κ1) is 26.4. The van der Waals surface area contributed by atoms with E-state index in [9.17, 15) is 4.79 Å². The second-order valence-corrected chi connectivity index (χ2v) is 8.79. The summed E-state index contributed by atoms with van der Waals surface area (Å²) in [6.07, 6.45) is 1.65. The zero-order chi connectivity index (χ0) is 21.3. The number of benzene rings is 1. The fourth-order valence-electron chi connectivity index (χ4n) is 2.71. The smallest absolute Gasteiger partial charge is 0.251 e. The molecule has 0 aliphatic carbocycles. The molecule has 0 unspecified atom stereocenters. The number of hydrogen-bond acceptors (Lipinski definition) is 4. The molecule has 0 aliphatic rings. The van der Waals surface area contributed by atoms with Gasteiger partial charge < -0.3 is 16.0 Å². The van der Waals surface area contributed by atoms with Gasteiger partial charge in [0, 0.05) is 49.5 Å². The molecule has 0 saturated heterocycles. The van der Waals surface area contributed by atoms with Crippen LogP contribution in [-0.4, -0.2) is 43.5 Å². The summed E-state index contributed by atoms with van der Waals surface area (Å²) in [6, 6.07) is 7.71. The van der Waals surface area contributed by atoms with E-state index in [1.54, 1.807) is 18.4 Å². The van der Waals surface area contributed by atoms with Crippen molar-refractivity contribution in [1.29, 1.82) is 0 Å². The number of rotatable bonds is 8. The lowest BCUT2D eigenvalue weighted by molar-refractivity contribution is 0.0963. The molecule has 166 valence electrons. The lowest BCUT2D eigenvalue weighted by Gasteiger charge is -2.14. The topological polar surface area (TPSA) is 78.4 Å². The first-order chi connectivity index (χ1) is 13.8. The van der Waals surface area contributed by atoms with Gasteiger partial charge in [-0.05, 0) is 31.0 Å². The Morgan fingerprint density at radius 3 is 2.60 bits per heavy atom. The van der Waals surface area contributed by atoms with Crippen molar-refractivity contribution < 1.29 is 4.79 Å². The Balaban J connectivity index is 0.00000450. The summed E-state index contributed by atoms with van der Waals surface area (Å²) in [4.78, 5) is 21.2. The number of nitrogens with one attached hydrogen (secondary N) is 3. The minimum atomic E-state index is -0.0634. The number of hydrogen-bond donors (Lipinski definition) is 3. The third-order valence-electron chi connectivity index (χ3n) is 4.38. The molecule has 2 aromatic rings. The number of thiazole rings is 1. The summed E-state index contributed by atoms with van der Waals surface area (Å²) in [5.74, 6) is 0.745. The van der Waals surface area contributed by atoms with Gasteiger partial charge in [0.05, 0.1) is 10.7 Å². The van der Waals surface area contributed by atoms with Crippen molar-refractivity contribution in [1.82, 2.24) is 20.9 Å². The van der Waals surface area contributed by atoms with Crippen molar-refractivity contribution in [3.63, 3.8) is 0 Å². The molecule has 2 rings (SSSR count). The lowest BCUT2D eigenvalue weighted by Crippen LogP contribution is -2.38. The highest BCUT2D eigenvalue weighted by Crippen LogP contribution is 2.24. The third-order valence-corrected chi connectivity index (χ3v) is 5.29. The van der Waals surface area contributed by atoms with Crippen molar-refractivity contribution in [2.75, 3.05) is 26.7 Å². The Labute approximate surface area is 201 Å². The summed E-state index contributed by atoms with van der Waals surface area (Å²) in [6.45, 7) is 10.8. The average molecular weight is 544 g/mol. The van der Waals surface area contributed by atoms with Crippen LogP contribution < -0.4 is 16.0 Å². The quantitative estimate of drug-likeness (QED) is 0.269. The van der Waals surface area contributed by atoms with Gasteiger partial charge in [-0.1, -0.05) is 32.9 Å². The molecule has 1 amide bonds. The van der Waals surface area contributed by atoms with Crippen LogP contribution in [0.25, 0.3) is 0 Å². The van der Waals surface area contributed by atoms with Gasteiger partial charge in [0.1, 0.15) is 0 Å². The van der Waals surface area contributed by atoms with Crippen molar-refractivity contribution in [2.24, 2.45) is 4.99 Å². The maximum atomic E-state index is 11.8. The van der Waals surface area contributed by atoms with Crippen LogP contribution in [0.15, 0.2) is 34.6 Å². The van der Waals surface area contributed by atoms with Gasteiger partial charge in [-0.15, -0.1) is 35.3 Å². The average Bonchev–Trinajstić information content (AvgIpc) is 3.17. The Kier molecular flexibility index (Phi) is 11.3. The number of amides is 1. The molecule has 1 aromatic carbocycles. The zero-order valence-corrected chi connectivity index (χ0v) is 21.7. The van der Waals surface area contributed by atoms with Crippen molar-refractivity contribution in [3.8, 4) is 0 Å². The monoisotopic (exact) mass is 543 g/mol. The Bertz CT molecular complexity index is 829. The van der Waals surface area contributed by atoms with Crippen LogP contribution in [0.3, 0.4) is 0 Å². The van der Waals surface area contributed by atoms with Gasteiger partial charge in [-0.2, -0.15) is 0 Å². The summed E-state index contributed by atoms with van der Waals surface area (Å²) < 4.78 is 0. The van der Waals surface area contributed by atoms with E-state index >= 15 is 0 Å². The molecule has 1 heterocycles. The van der Waals surface area contributed by atoms with Gasteiger partial charge in [0.25, 0.3) is 5.91 Å². The fraction of sp³-hybridized carbons (Fsp3) is 0.500. The highest BCUT2D eigenvalue weighted by Gasteiger charge is 2.17. The first-order valence-electron chi connectivity index (χ1n) is 10.1. The lowest BCUT2D eigenvalue weighted by atomic mass is 9.93. The van der Waals surface area contributed by atoms with Crippen LogP contribution >= 0.6 is 35.3 Å². The minimum absolute atomic E-state index is 0. The molecule has 0 atom stereocenters. The molecule has 0 fully saturated rings. The number of aliphatic imine (C=N–C) groups is 1. The van der Waals surface area contributed by atoms with E-state index < -0.39 is 0 Å². The number of carbonyl (C=O) groups is 1. The van der Waals surface area contributed by atoms with Crippen LogP contribution in [0.4, 0.5) is 0 Å². The van der Waals surface area contributed by atoms with Gasteiger partial charge in [0.2, 0.25) is 0 Å². The van der Waals surface area contributed by atoms with Crippen LogP contribution in [0.1, 0.15) is 54.3 Å². The standard InChI is InChI=1S/C22H33N5OS.HI/c1-6-24-21(26-13-11-19-27-18(15-29-19)22(2,3)4)25-12-10-16-8-7-9-17(14-16)20(28)23-5;/h7-9,14-15H,6,10-13H2,1-5H3,(H,23,28)(H2,24,25,26);1H. The molecule has 0 radical (unpaired) electrons. The molecular weight excluding hydrogens is 509 g/mol. The second kappa shape index (κ2) is 12.9. The van der Waals surface area contributed by atoms with Crippen LogP contribution in [0.5, 0.6) is 0 Å². The molecule has 0 bridgehead atoms. The molecule has 8 heteroatoms. The van der Waals surface area contributed by atoms with E-state index in [2.05, 4.69) is 54.0 Å². The molecule has 0 aliphatic heterocycles. The Morgan fingerprint density at radius 2 is 1.97 bits per heavy atom. The summed E-state index contributed by atoms with van der Waals surface area (Å²) >= 11 is 1.71. The van der Waals surface area contributed by atoms with Crippen molar-refractivity contribution in [2.45, 2.75) is 46.0 Å². The largest absolute Gasteiger partial charge is 0.357 e. The SMILES string of the molecule is CCNC(=NCCc1nc(C(C)(C)C)cs1)NCCc1cccc(C(=O)NC)c1.I. The number of carbonyl (C=O) groups excluding carboxylic acids is 1. The van der Waals surface area contributed by atoms with E-state index in [-0.39, 0.29) is 35.3 Å². The van der Waals surface area contributed by atoms with E-state index in [0.717, 1.165) is 48.2 Å². The first-order valence-corrected chi connectivity index (χ1v) is 11.0. The second-order valence-electron chi connectivity index (χ2n) is 7.84. The van der Waals surface area contributed by atoms with Crippen LogP contribution in [0, 0.1) is 0 Å². The van der Waals surface area contributed by atoms with Crippen molar-refractivity contribution >= 4 is 47.2 Å². The highest BCUT2D eigenvalue weighted by molar-refractivity contribution is 14.0. The summed E-state index contributed by atoms with van der Waals surface area (Å²) in [5.41, 5.74) is 3.03. The number of guanidine groups is 1. The van der Waals surface area contributed by atoms with Gasteiger partial charge in [-0.25, -0.2) is 4.98 Å². The molecule has 0 spiro atoms. The maximum absolute atomic E-state index is 11.8. The predicted octanol–water partition coefficient (Wildman–Crippen LogP) is 3.76. The molecular formula is C22H34IN5OS. The molecule has 3 N–H and O–H groups in total. The number of halogens is 1. The number of aromatic nitrogens is 1. The third kappa shape index (κ3) is 8.59. The highest BCUT2D eigenvalue weighted by atomic mass is 127. The molecule has 0 saturated carbocycles. The van der Waals surface area contributed by atoms with E-state index in [4.69, 9.17) is 4.98 Å². The normalized spacial score (nSPS) is 11.6. The number of nitrogens with zero attached hydrogens (tertiary/aromatic N) is 2. The summed E-state index contributed by atoms with van der Waals surface area (Å²) in [7, 11) is 1.64. The zero-order valence-electron chi connectivity index (χ0n) is 18.5. The fourth-order valence-corrected chi connectivity index (χ4v) is 3.73. The Hall–Kier alpha value is -1.68. The maximum Gasteiger partial charge on any atom is 0.251 e. The van der Waals surface area contributed by atoms with Crippen LogP contribution in [0.2, 0.25) is 0 Å². The van der Waals surface area contributed by atoms with Crippen molar-refractivity contribution in [3.05, 3.63) is 51.5 Å². The summed E-state index contributed by atoms with van der Waals surface area (Å²) in [5, 5.41) is 12.6. The van der Waals surface area contributed by atoms with Crippen LogP contribution in [-0.2, 0) is 18.3 Å².